The lowest BCUT2D eigenvalue weighted by atomic mass is 10.1. The number of aryl methyl sites for hydroxylation is 1. The molecule has 0 atom stereocenters. The van der Waals surface area contributed by atoms with Crippen LogP contribution in [0, 0.1) is 6.92 Å². The van der Waals surface area contributed by atoms with Crippen LogP contribution in [0.15, 0.2) is 30.3 Å². The maximum Gasteiger partial charge on any atom is 0.162 e. The van der Waals surface area contributed by atoms with Gasteiger partial charge < -0.3 is 10.1 Å². The van der Waals surface area contributed by atoms with Crippen molar-refractivity contribution in [2.24, 2.45) is 0 Å². The molecule has 0 fully saturated rings. The highest BCUT2D eigenvalue weighted by Gasteiger charge is 2.08. The zero-order chi connectivity index (χ0) is 13.0. The first-order valence-corrected chi connectivity index (χ1v) is 5.85. The zero-order valence-electron chi connectivity index (χ0n) is 10.9. The van der Waals surface area contributed by atoms with Gasteiger partial charge in [0.05, 0.1) is 12.3 Å². The van der Waals surface area contributed by atoms with Gasteiger partial charge in [-0.25, -0.2) is 9.97 Å². The average molecular weight is 243 g/mol. The van der Waals surface area contributed by atoms with Crippen LogP contribution in [0.2, 0.25) is 0 Å². The average Bonchev–Trinajstić information content (AvgIpc) is 2.39. The quantitative estimate of drug-likeness (QED) is 0.896. The van der Waals surface area contributed by atoms with Crippen molar-refractivity contribution >= 4 is 5.82 Å². The molecule has 2 aromatic rings. The lowest BCUT2D eigenvalue weighted by Crippen LogP contribution is -2.02. The fourth-order valence-corrected chi connectivity index (χ4v) is 1.79. The van der Waals surface area contributed by atoms with E-state index in [1.807, 2.05) is 31.3 Å². The van der Waals surface area contributed by atoms with E-state index in [1.165, 1.54) is 0 Å². The monoisotopic (exact) mass is 243 g/mol. The Morgan fingerprint density at radius 2 is 2.00 bits per heavy atom. The minimum Gasteiger partial charge on any atom is -0.378 e. The third kappa shape index (κ3) is 2.65. The maximum absolute atomic E-state index is 5.13. The summed E-state index contributed by atoms with van der Waals surface area (Å²) in [6.45, 7) is 2.54. The molecule has 94 valence electrons. The Labute approximate surface area is 107 Å². The molecular weight excluding hydrogens is 226 g/mol. The molecule has 1 N–H and O–H groups in total. The number of nitrogens with one attached hydrogen (secondary N) is 1. The molecular formula is C14H17N3O. The predicted molar refractivity (Wildman–Crippen MR) is 72.5 cm³/mol. The number of hydrogen-bond donors (Lipinski definition) is 1. The summed E-state index contributed by atoms with van der Waals surface area (Å²) in [6.07, 6.45) is 0. The van der Waals surface area contributed by atoms with E-state index >= 15 is 0 Å². The lowest BCUT2D eigenvalue weighted by Gasteiger charge is -2.09. The molecule has 0 saturated carbocycles. The van der Waals surface area contributed by atoms with Gasteiger partial charge in [0.1, 0.15) is 5.82 Å². The van der Waals surface area contributed by atoms with Gasteiger partial charge in [0, 0.05) is 25.8 Å². The topological polar surface area (TPSA) is 47.0 Å². The van der Waals surface area contributed by atoms with Gasteiger partial charge in [0.2, 0.25) is 0 Å². The van der Waals surface area contributed by atoms with Gasteiger partial charge in [-0.2, -0.15) is 0 Å². The van der Waals surface area contributed by atoms with Crippen LogP contribution >= 0.6 is 0 Å². The molecule has 0 bridgehead atoms. The Kier molecular flexibility index (Phi) is 3.89. The van der Waals surface area contributed by atoms with Crippen molar-refractivity contribution < 1.29 is 4.74 Å². The lowest BCUT2D eigenvalue weighted by molar-refractivity contribution is 0.181. The molecule has 4 heteroatoms. The van der Waals surface area contributed by atoms with Gasteiger partial charge in [-0.1, -0.05) is 24.3 Å². The highest BCUT2D eigenvalue weighted by molar-refractivity contribution is 5.61. The Morgan fingerprint density at radius 1 is 1.22 bits per heavy atom. The summed E-state index contributed by atoms with van der Waals surface area (Å²) in [5.74, 6) is 1.53. The van der Waals surface area contributed by atoms with Gasteiger partial charge >= 0.3 is 0 Å². The molecule has 0 aliphatic carbocycles. The molecule has 0 unspecified atom stereocenters. The summed E-state index contributed by atoms with van der Waals surface area (Å²) < 4.78 is 5.13. The number of aromatic nitrogens is 2. The SMILES string of the molecule is CNc1cc(COC)nc(-c2ccccc2C)n1. The summed E-state index contributed by atoms with van der Waals surface area (Å²) in [5, 5.41) is 3.05. The smallest absolute Gasteiger partial charge is 0.162 e. The maximum atomic E-state index is 5.13. The molecule has 0 saturated heterocycles. The number of benzene rings is 1. The van der Waals surface area contributed by atoms with Crippen LogP contribution < -0.4 is 5.32 Å². The van der Waals surface area contributed by atoms with E-state index in [9.17, 15) is 0 Å². The number of methoxy groups -OCH3 is 1. The summed E-state index contributed by atoms with van der Waals surface area (Å²) in [4.78, 5) is 9.01. The molecule has 1 aromatic carbocycles. The fourth-order valence-electron chi connectivity index (χ4n) is 1.79. The molecule has 1 aromatic heterocycles. The van der Waals surface area contributed by atoms with Gasteiger partial charge in [-0.3, -0.25) is 0 Å². The standard InChI is InChI=1S/C14H17N3O/c1-10-6-4-5-7-12(10)14-16-11(9-18-3)8-13(15-2)17-14/h4-8H,9H2,1-3H3,(H,15,16,17). The summed E-state index contributed by atoms with van der Waals surface area (Å²) >= 11 is 0. The van der Waals surface area contributed by atoms with Crippen LogP contribution in [-0.2, 0) is 11.3 Å². The van der Waals surface area contributed by atoms with E-state index in [-0.39, 0.29) is 0 Å². The molecule has 2 rings (SSSR count). The van der Waals surface area contributed by atoms with E-state index in [2.05, 4.69) is 28.3 Å². The van der Waals surface area contributed by atoms with E-state index < -0.39 is 0 Å². The minimum atomic E-state index is 0.482. The molecule has 0 radical (unpaired) electrons. The fraction of sp³-hybridized carbons (Fsp3) is 0.286. The molecule has 18 heavy (non-hydrogen) atoms. The Morgan fingerprint density at radius 3 is 2.67 bits per heavy atom. The molecule has 0 aliphatic heterocycles. The minimum absolute atomic E-state index is 0.482. The van der Waals surface area contributed by atoms with Crippen molar-refractivity contribution in [1.82, 2.24) is 9.97 Å². The number of hydrogen-bond acceptors (Lipinski definition) is 4. The second-order valence-corrected chi connectivity index (χ2v) is 4.07. The van der Waals surface area contributed by atoms with Gasteiger partial charge in [-0.15, -0.1) is 0 Å². The van der Waals surface area contributed by atoms with Crippen LogP contribution in [0.25, 0.3) is 11.4 Å². The van der Waals surface area contributed by atoms with Crippen LogP contribution in [0.1, 0.15) is 11.3 Å². The zero-order valence-corrected chi connectivity index (χ0v) is 10.9. The number of rotatable bonds is 4. The third-order valence-electron chi connectivity index (χ3n) is 2.71. The molecule has 0 spiro atoms. The summed E-state index contributed by atoms with van der Waals surface area (Å²) in [5.41, 5.74) is 3.08. The first-order valence-electron chi connectivity index (χ1n) is 5.85. The van der Waals surface area contributed by atoms with Crippen LogP contribution in [0.4, 0.5) is 5.82 Å². The van der Waals surface area contributed by atoms with Gasteiger partial charge in [0.25, 0.3) is 0 Å². The third-order valence-corrected chi connectivity index (χ3v) is 2.71. The van der Waals surface area contributed by atoms with E-state index in [4.69, 9.17) is 4.74 Å². The number of ether oxygens (including phenoxy) is 1. The highest BCUT2D eigenvalue weighted by atomic mass is 16.5. The summed E-state index contributed by atoms with van der Waals surface area (Å²) in [6, 6.07) is 9.98. The van der Waals surface area contributed by atoms with Crippen LogP contribution in [-0.4, -0.2) is 24.1 Å². The van der Waals surface area contributed by atoms with Crippen molar-refractivity contribution in [3.63, 3.8) is 0 Å². The van der Waals surface area contributed by atoms with E-state index in [0.717, 1.165) is 28.5 Å². The Hall–Kier alpha value is -1.94. The summed E-state index contributed by atoms with van der Waals surface area (Å²) in [7, 11) is 3.51. The number of anilines is 1. The molecule has 1 heterocycles. The van der Waals surface area contributed by atoms with E-state index in [0.29, 0.717) is 6.61 Å². The number of nitrogens with zero attached hydrogens (tertiary/aromatic N) is 2. The van der Waals surface area contributed by atoms with Crippen molar-refractivity contribution in [3.05, 3.63) is 41.6 Å². The van der Waals surface area contributed by atoms with Crippen molar-refractivity contribution in [2.45, 2.75) is 13.5 Å². The predicted octanol–water partition coefficient (Wildman–Crippen LogP) is 2.64. The second-order valence-electron chi connectivity index (χ2n) is 4.07. The molecule has 4 nitrogen and oxygen atoms in total. The normalized spacial score (nSPS) is 10.4. The van der Waals surface area contributed by atoms with Crippen LogP contribution in [0.3, 0.4) is 0 Å². The van der Waals surface area contributed by atoms with Gasteiger partial charge in [0.15, 0.2) is 5.82 Å². The first kappa shape index (κ1) is 12.5. The highest BCUT2D eigenvalue weighted by Crippen LogP contribution is 2.21. The van der Waals surface area contributed by atoms with Crippen molar-refractivity contribution in [2.75, 3.05) is 19.5 Å². The Balaban J connectivity index is 2.50. The second kappa shape index (κ2) is 5.60. The van der Waals surface area contributed by atoms with Crippen LogP contribution in [0.5, 0.6) is 0 Å². The van der Waals surface area contributed by atoms with Crippen molar-refractivity contribution in [3.8, 4) is 11.4 Å². The largest absolute Gasteiger partial charge is 0.378 e. The van der Waals surface area contributed by atoms with Gasteiger partial charge in [-0.05, 0) is 12.5 Å². The first-order chi connectivity index (χ1) is 8.74. The Bertz CT molecular complexity index is 540. The molecule has 0 aliphatic rings. The molecule has 0 amide bonds. The van der Waals surface area contributed by atoms with Crippen molar-refractivity contribution in [1.29, 1.82) is 0 Å². The van der Waals surface area contributed by atoms with E-state index in [1.54, 1.807) is 7.11 Å².